The number of amides is 3. The maximum absolute atomic E-state index is 12.6. The van der Waals surface area contributed by atoms with E-state index in [2.05, 4.69) is 50.6 Å². The first kappa shape index (κ1) is 46.4. The van der Waals surface area contributed by atoms with Crippen LogP contribution in [0.4, 0.5) is 17.8 Å². The van der Waals surface area contributed by atoms with Gasteiger partial charge in [-0.1, -0.05) is 19.7 Å². The number of ether oxygens (including phenoxy) is 6. The molecule has 0 radical (unpaired) electrons. The van der Waals surface area contributed by atoms with Crippen molar-refractivity contribution in [2.75, 3.05) is 115 Å². The van der Waals surface area contributed by atoms with Crippen LogP contribution >= 0.6 is 0 Å². The molecule has 3 amide bonds. The number of carbonyl (C=O) groups excluding carboxylic acids is 6. The molecule has 300 valence electrons. The lowest BCUT2D eigenvalue weighted by molar-refractivity contribution is -0.141. The van der Waals surface area contributed by atoms with Crippen molar-refractivity contribution in [3.05, 3.63) is 36.5 Å². The van der Waals surface area contributed by atoms with Gasteiger partial charge in [-0.15, -0.1) is 0 Å². The van der Waals surface area contributed by atoms with Crippen LogP contribution in [-0.2, 0) is 57.2 Å². The lowest BCUT2D eigenvalue weighted by Gasteiger charge is -2.28. The van der Waals surface area contributed by atoms with Crippen LogP contribution in [0.5, 0.6) is 0 Å². The van der Waals surface area contributed by atoms with E-state index in [9.17, 15) is 28.8 Å². The van der Waals surface area contributed by atoms with Crippen LogP contribution in [0, 0.1) is 0 Å². The second kappa shape index (κ2) is 25.3. The highest BCUT2D eigenvalue weighted by Gasteiger charge is 2.24. The summed E-state index contributed by atoms with van der Waals surface area (Å²) in [6, 6.07) is 0. The maximum atomic E-state index is 12.6. The van der Waals surface area contributed by atoms with Crippen molar-refractivity contribution in [3.8, 4) is 0 Å². The van der Waals surface area contributed by atoms with Crippen molar-refractivity contribution in [2.45, 2.75) is 20.8 Å². The van der Waals surface area contributed by atoms with Gasteiger partial charge in [-0.25, -0.2) is 14.4 Å². The molecule has 0 unspecified atom stereocenters. The minimum absolute atomic E-state index is 0.0762. The summed E-state index contributed by atoms with van der Waals surface area (Å²) in [6.45, 7) is 12.6. The first-order valence-corrected chi connectivity index (χ1v) is 16.5. The van der Waals surface area contributed by atoms with Crippen LogP contribution < -0.4 is 30.7 Å². The highest BCUT2D eigenvalue weighted by Crippen LogP contribution is 2.20. The molecule has 54 heavy (non-hydrogen) atoms. The summed E-state index contributed by atoms with van der Waals surface area (Å²) in [4.78, 5) is 90.8. The Labute approximate surface area is 314 Å². The molecule has 0 saturated heterocycles. The van der Waals surface area contributed by atoms with Crippen LogP contribution in [0.15, 0.2) is 36.5 Å². The van der Waals surface area contributed by atoms with Gasteiger partial charge in [0.15, 0.2) is 0 Å². The fourth-order valence-electron chi connectivity index (χ4n) is 3.52. The number of nitrogens with one attached hydrogen (secondary N) is 3. The quantitative estimate of drug-likeness (QED) is 0.0313. The molecule has 1 aromatic rings. The molecule has 21 nitrogen and oxygen atoms in total. The number of nitrogens with zero attached hydrogens (tertiary/aromatic N) is 6. The summed E-state index contributed by atoms with van der Waals surface area (Å²) in [5, 5.41) is 7.53. The van der Waals surface area contributed by atoms with Crippen molar-refractivity contribution >= 4 is 53.5 Å². The molecule has 1 heterocycles. The van der Waals surface area contributed by atoms with E-state index in [1.807, 2.05) is 0 Å². The number of hydrogen-bond donors (Lipinski definition) is 3. The lowest BCUT2D eigenvalue weighted by Crippen LogP contribution is -2.42. The molecular weight excluding hydrogens is 714 g/mol. The van der Waals surface area contributed by atoms with Crippen molar-refractivity contribution < 1.29 is 57.2 Å². The van der Waals surface area contributed by atoms with Gasteiger partial charge < -0.3 is 59.1 Å². The van der Waals surface area contributed by atoms with E-state index in [0.29, 0.717) is 0 Å². The number of hydrogen-bond acceptors (Lipinski definition) is 18. The number of rotatable bonds is 27. The molecule has 0 aliphatic rings. The van der Waals surface area contributed by atoms with Crippen molar-refractivity contribution in [2.24, 2.45) is 0 Å². The Hall–Kier alpha value is -5.67. The molecule has 0 spiro atoms. The fourth-order valence-corrected chi connectivity index (χ4v) is 3.52. The minimum atomic E-state index is -0.604. The molecule has 1 rings (SSSR count). The minimum Gasteiger partial charge on any atom is -0.460 e. The van der Waals surface area contributed by atoms with E-state index >= 15 is 0 Å². The SMILES string of the molecule is C=C(C)C(=O)OCCOCN(CC(=O)NC)c1nc(N(COCCOC(=O)C(=C)C)CC(=O)NC)nc(N(COCCOC(=O)C(=C)C)CC(=O)NC)n1. The van der Waals surface area contributed by atoms with E-state index < -0.39 is 35.6 Å². The number of likely N-dealkylation sites (N-methyl/N-ethyl adjacent to an activating group) is 3. The largest absolute Gasteiger partial charge is 0.460 e. The van der Waals surface area contributed by atoms with Gasteiger partial charge in [-0.3, -0.25) is 14.4 Å². The van der Waals surface area contributed by atoms with E-state index in [1.165, 1.54) is 56.6 Å². The zero-order chi connectivity index (χ0) is 40.6. The smallest absolute Gasteiger partial charge is 0.333 e. The average Bonchev–Trinajstić information content (AvgIpc) is 3.14. The van der Waals surface area contributed by atoms with Crippen molar-refractivity contribution in [1.82, 2.24) is 30.9 Å². The maximum Gasteiger partial charge on any atom is 0.333 e. The summed E-state index contributed by atoms with van der Waals surface area (Å²) in [7, 11) is 4.28. The standard InChI is InChI=1S/C33H51N9O12/c1-22(2)28(46)52-13-10-49-19-40(16-25(43)34-7)31-37-32(41(17-26(44)35-8)20-50-11-14-53-29(47)23(3)4)39-33(38-31)42(18-27(45)36-9)21-51-12-15-54-30(48)24(5)6/h1,3,5,10-21H2,2,4,6-9H3,(H,34,43)(H,35,44)(H,36,45). The zero-order valence-electron chi connectivity index (χ0n) is 31.7. The summed E-state index contributed by atoms with van der Waals surface area (Å²) in [5.41, 5.74) is 0.619. The third-order valence-corrected chi connectivity index (χ3v) is 6.46. The Morgan fingerprint density at radius 1 is 0.481 bits per heavy atom. The van der Waals surface area contributed by atoms with Gasteiger partial charge in [0.2, 0.25) is 35.6 Å². The number of esters is 3. The first-order valence-electron chi connectivity index (χ1n) is 16.5. The molecule has 0 aliphatic heterocycles. The van der Waals surface area contributed by atoms with Crippen LogP contribution in [0.3, 0.4) is 0 Å². The second-order valence-electron chi connectivity index (χ2n) is 11.2. The molecule has 0 aliphatic carbocycles. The second-order valence-corrected chi connectivity index (χ2v) is 11.2. The molecule has 0 bridgehead atoms. The van der Waals surface area contributed by atoms with E-state index in [-0.39, 0.29) is 114 Å². The Morgan fingerprint density at radius 3 is 0.926 bits per heavy atom. The fraction of sp³-hybridized carbons (Fsp3) is 0.545. The summed E-state index contributed by atoms with van der Waals surface area (Å²) in [5.74, 6) is -3.58. The Kier molecular flexibility index (Phi) is 21.7. The van der Waals surface area contributed by atoms with E-state index in [0.717, 1.165) is 0 Å². The third-order valence-electron chi connectivity index (χ3n) is 6.46. The predicted molar refractivity (Wildman–Crippen MR) is 194 cm³/mol. The first-order chi connectivity index (χ1) is 25.6. The molecule has 0 aromatic carbocycles. The molecule has 3 N–H and O–H groups in total. The summed E-state index contributed by atoms with van der Waals surface area (Å²) in [6.07, 6.45) is 0. The number of anilines is 3. The third kappa shape index (κ3) is 18.2. The van der Waals surface area contributed by atoms with Crippen LogP contribution in [-0.4, -0.2) is 151 Å². The Bertz CT molecular complexity index is 1310. The lowest BCUT2D eigenvalue weighted by atomic mass is 10.4. The Balaban J connectivity index is 3.62. The number of carbonyl (C=O) groups is 6. The number of aromatic nitrogens is 3. The summed E-state index contributed by atoms with van der Waals surface area (Å²) < 4.78 is 32.3. The van der Waals surface area contributed by atoms with Gasteiger partial charge in [0.05, 0.1) is 19.8 Å². The van der Waals surface area contributed by atoms with Crippen LogP contribution in [0.2, 0.25) is 0 Å². The molecule has 0 fully saturated rings. The highest BCUT2D eigenvalue weighted by atomic mass is 16.6. The molecule has 0 atom stereocenters. The normalized spacial score (nSPS) is 10.3. The molecular formula is C33H51N9O12. The zero-order valence-corrected chi connectivity index (χ0v) is 31.7. The van der Waals surface area contributed by atoms with Gasteiger partial charge >= 0.3 is 17.9 Å². The van der Waals surface area contributed by atoms with Gasteiger partial charge in [0, 0.05) is 37.9 Å². The van der Waals surface area contributed by atoms with Crippen molar-refractivity contribution in [1.29, 1.82) is 0 Å². The van der Waals surface area contributed by atoms with Crippen LogP contribution in [0.25, 0.3) is 0 Å². The summed E-state index contributed by atoms with van der Waals surface area (Å²) >= 11 is 0. The van der Waals surface area contributed by atoms with Gasteiger partial charge in [0.1, 0.15) is 59.6 Å². The van der Waals surface area contributed by atoms with E-state index in [1.54, 1.807) is 0 Å². The monoisotopic (exact) mass is 765 g/mol. The molecule has 1 aromatic heterocycles. The topological polar surface area (TPSA) is 242 Å². The van der Waals surface area contributed by atoms with Gasteiger partial charge in [0.25, 0.3) is 0 Å². The predicted octanol–water partition coefficient (Wildman–Crippen LogP) is -1.19. The molecule has 0 saturated carbocycles. The molecule has 21 heteroatoms. The Morgan fingerprint density at radius 2 is 0.722 bits per heavy atom. The van der Waals surface area contributed by atoms with E-state index in [4.69, 9.17) is 28.4 Å². The average molecular weight is 766 g/mol. The van der Waals surface area contributed by atoms with Crippen molar-refractivity contribution in [3.63, 3.8) is 0 Å². The van der Waals surface area contributed by atoms with Crippen LogP contribution in [0.1, 0.15) is 20.8 Å². The van der Waals surface area contributed by atoms with Gasteiger partial charge in [-0.2, -0.15) is 15.0 Å². The highest BCUT2D eigenvalue weighted by molar-refractivity contribution is 5.88. The van der Waals surface area contributed by atoms with Gasteiger partial charge in [-0.05, 0) is 20.8 Å².